The number of likely N-dealkylation sites (tertiary alicyclic amines) is 1. The summed E-state index contributed by atoms with van der Waals surface area (Å²) in [6.45, 7) is 5.14. The van der Waals surface area contributed by atoms with Crippen molar-refractivity contribution in [1.82, 2.24) is 14.7 Å². The number of benzene rings is 1. The molecule has 1 aromatic carbocycles. The maximum absolute atomic E-state index is 12.7. The molecule has 0 saturated carbocycles. The number of aryl methyl sites for hydroxylation is 1. The highest BCUT2D eigenvalue weighted by Crippen LogP contribution is 2.28. The van der Waals surface area contributed by atoms with Gasteiger partial charge >= 0.3 is 6.03 Å². The minimum absolute atomic E-state index is 0.100. The molecule has 2 aromatic rings. The summed E-state index contributed by atoms with van der Waals surface area (Å²) in [7, 11) is 0. The molecule has 2 heterocycles. The van der Waals surface area contributed by atoms with Gasteiger partial charge in [-0.2, -0.15) is 5.10 Å². The van der Waals surface area contributed by atoms with Gasteiger partial charge in [0, 0.05) is 25.3 Å². The van der Waals surface area contributed by atoms with Gasteiger partial charge < -0.3 is 10.0 Å². The minimum atomic E-state index is -0.188. The molecule has 0 bridgehead atoms. The molecule has 1 fully saturated rings. The van der Waals surface area contributed by atoms with Crippen LogP contribution in [0.15, 0.2) is 18.2 Å². The largest absolute Gasteiger partial charge is 0.396 e. The molecule has 1 aromatic heterocycles. The topological polar surface area (TPSA) is 70.4 Å². The quantitative estimate of drug-likeness (QED) is 0.822. The summed E-state index contributed by atoms with van der Waals surface area (Å²) in [6, 6.07) is 5.03. The molecule has 0 radical (unpaired) electrons. The van der Waals surface area contributed by atoms with Crippen LogP contribution in [0.1, 0.15) is 24.1 Å². The van der Waals surface area contributed by atoms with Gasteiger partial charge in [-0.15, -0.1) is 0 Å². The van der Waals surface area contributed by atoms with E-state index in [2.05, 4.69) is 10.4 Å². The van der Waals surface area contributed by atoms with Crippen LogP contribution in [-0.2, 0) is 0 Å². The lowest BCUT2D eigenvalue weighted by molar-refractivity contribution is 0.136. The average molecular weight is 397 g/mol. The van der Waals surface area contributed by atoms with Crippen LogP contribution in [0.3, 0.4) is 0 Å². The number of piperidine rings is 1. The zero-order chi connectivity index (χ0) is 18.8. The summed E-state index contributed by atoms with van der Waals surface area (Å²) in [4.78, 5) is 14.5. The molecule has 1 unspecified atom stereocenters. The van der Waals surface area contributed by atoms with Gasteiger partial charge in [0.15, 0.2) is 0 Å². The second-order valence-corrected chi connectivity index (χ2v) is 7.45. The number of carbonyl (C=O) groups excluding carboxylic acids is 1. The third-order valence-corrected chi connectivity index (χ3v) is 5.54. The molecular formula is C18H22Cl2N4O2. The van der Waals surface area contributed by atoms with Crippen LogP contribution in [0.25, 0.3) is 5.69 Å². The summed E-state index contributed by atoms with van der Waals surface area (Å²) in [6.07, 6.45) is 1.84. The molecular weight excluding hydrogens is 375 g/mol. The van der Waals surface area contributed by atoms with E-state index in [-0.39, 0.29) is 18.6 Å². The summed E-state index contributed by atoms with van der Waals surface area (Å²) in [5.74, 6) is 0.745. The minimum Gasteiger partial charge on any atom is -0.396 e. The Bertz CT molecular complexity index is 822. The first-order chi connectivity index (χ1) is 12.4. The Morgan fingerprint density at radius 3 is 2.81 bits per heavy atom. The van der Waals surface area contributed by atoms with Gasteiger partial charge in [0.2, 0.25) is 0 Å². The van der Waals surface area contributed by atoms with E-state index in [4.69, 9.17) is 23.2 Å². The van der Waals surface area contributed by atoms with Gasteiger partial charge in [-0.1, -0.05) is 23.2 Å². The summed E-state index contributed by atoms with van der Waals surface area (Å²) >= 11 is 12.1. The highest BCUT2D eigenvalue weighted by molar-refractivity contribution is 6.42. The molecule has 6 nitrogen and oxygen atoms in total. The van der Waals surface area contributed by atoms with Crippen molar-refractivity contribution >= 4 is 35.1 Å². The van der Waals surface area contributed by atoms with Gasteiger partial charge in [-0.25, -0.2) is 9.48 Å². The van der Waals surface area contributed by atoms with Crippen LogP contribution in [0.5, 0.6) is 0 Å². The lowest BCUT2D eigenvalue weighted by Gasteiger charge is -2.31. The van der Waals surface area contributed by atoms with Crippen LogP contribution in [-0.4, -0.2) is 45.5 Å². The molecule has 1 atom stereocenters. The van der Waals surface area contributed by atoms with Crippen LogP contribution in [0.2, 0.25) is 10.0 Å². The van der Waals surface area contributed by atoms with E-state index in [1.807, 2.05) is 13.8 Å². The first kappa shape index (κ1) is 19.0. The molecule has 2 amide bonds. The number of rotatable bonds is 3. The van der Waals surface area contributed by atoms with Crippen molar-refractivity contribution in [2.75, 3.05) is 25.0 Å². The first-order valence-electron chi connectivity index (χ1n) is 8.59. The Labute approximate surface area is 162 Å². The molecule has 3 rings (SSSR count). The summed E-state index contributed by atoms with van der Waals surface area (Å²) < 4.78 is 1.66. The molecule has 1 aliphatic heterocycles. The number of nitrogens with one attached hydrogen (secondary N) is 1. The lowest BCUT2D eigenvalue weighted by Crippen LogP contribution is -2.43. The molecule has 140 valence electrons. The number of aliphatic hydroxyl groups is 1. The Balaban J connectivity index is 1.88. The maximum Gasteiger partial charge on any atom is 0.323 e. The standard InChI is InChI=1S/C18H22Cl2N4O2/c1-11-12(2)22-24(14-5-6-15(19)16(20)8-14)17(11)21-18(26)23-7-3-4-13(9-23)10-25/h5-6,8,13,25H,3-4,7,9-10H2,1-2H3,(H,21,26). The van der Waals surface area contributed by atoms with Crippen LogP contribution >= 0.6 is 23.2 Å². The van der Waals surface area contributed by atoms with E-state index in [0.717, 1.165) is 29.8 Å². The zero-order valence-electron chi connectivity index (χ0n) is 14.8. The summed E-state index contributed by atoms with van der Waals surface area (Å²) in [5.41, 5.74) is 2.43. The fraction of sp³-hybridized carbons (Fsp3) is 0.444. The van der Waals surface area contributed by atoms with E-state index in [1.54, 1.807) is 27.8 Å². The van der Waals surface area contributed by atoms with Gasteiger partial charge in [0.1, 0.15) is 5.82 Å². The van der Waals surface area contributed by atoms with Crippen LogP contribution in [0, 0.1) is 19.8 Å². The molecule has 2 N–H and O–H groups in total. The number of aromatic nitrogens is 2. The Morgan fingerprint density at radius 1 is 1.35 bits per heavy atom. The van der Waals surface area contributed by atoms with E-state index in [1.165, 1.54) is 0 Å². The predicted octanol–water partition coefficient (Wildman–Crippen LogP) is 4.03. The summed E-state index contributed by atoms with van der Waals surface area (Å²) in [5, 5.41) is 17.8. The fourth-order valence-corrected chi connectivity index (χ4v) is 3.43. The number of amides is 2. The number of halogens is 2. The average Bonchev–Trinajstić information content (AvgIpc) is 2.92. The highest BCUT2D eigenvalue weighted by Gasteiger charge is 2.25. The van der Waals surface area contributed by atoms with Crippen molar-refractivity contribution in [1.29, 1.82) is 0 Å². The monoisotopic (exact) mass is 396 g/mol. The Kier molecular flexibility index (Phi) is 5.75. The van der Waals surface area contributed by atoms with Crippen molar-refractivity contribution in [3.05, 3.63) is 39.5 Å². The predicted molar refractivity (Wildman–Crippen MR) is 103 cm³/mol. The first-order valence-corrected chi connectivity index (χ1v) is 9.34. The van der Waals surface area contributed by atoms with Gasteiger partial charge in [-0.05, 0) is 50.8 Å². The lowest BCUT2D eigenvalue weighted by atomic mass is 9.99. The number of urea groups is 1. The van der Waals surface area contributed by atoms with Crippen LogP contribution in [0.4, 0.5) is 10.6 Å². The Morgan fingerprint density at radius 2 is 2.12 bits per heavy atom. The SMILES string of the molecule is Cc1nn(-c2ccc(Cl)c(Cl)c2)c(NC(=O)N2CCCC(CO)C2)c1C. The highest BCUT2D eigenvalue weighted by atomic mass is 35.5. The Hall–Kier alpha value is -1.76. The van der Waals surface area contributed by atoms with E-state index >= 15 is 0 Å². The second kappa shape index (κ2) is 7.86. The van der Waals surface area contributed by atoms with E-state index in [0.29, 0.717) is 29.0 Å². The fourth-order valence-electron chi connectivity index (χ4n) is 3.13. The number of aliphatic hydroxyl groups excluding tert-OH is 1. The third kappa shape index (κ3) is 3.82. The van der Waals surface area contributed by atoms with Gasteiger partial charge in [0.05, 0.1) is 21.4 Å². The van der Waals surface area contributed by atoms with Crippen molar-refractivity contribution in [2.45, 2.75) is 26.7 Å². The van der Waals surface area contributed by atoms with Crippen molar-refractivity contribution in [3.8, 4) is 5.69 Å². The number of hydrogen-bond donors (Lipinski definition) is 2. The van der Waals surface area contributed by atoms with Gasteiger partial charge in [-0.3, -0.25) is 5.32 Å². The number of nitrogens with zero attached hydrogens (tertiary/aromatic N) is 3. The van der Waals surface area contributed by atoms with Crippen LogP contribution < -0.4 is 5.32 Å². The molecule has 0 aliphatic carbocycles. The second-order valence-electron chi connectivity index (χ2n) is 6.64. The van der Waals surface area contributed by atoms with E-state index < -0.39 is 0 Å². The van der Waals surface area contributed by atoms with Crippen molar-refractivity contribution in [2.24, 2.45) is 5.92 Å². The van der Waals surface area contributed by atoms with Gasteiger partial charge in [0.25, 0.3) is 0 Å². The van der Waals surface area contributed by atoms with Crippen molar-refractivity contribution < 1.29 is 9.90 Å². The molecule has 8 heteroatoms. The molecule has 1 saturated heterocycles. The van der Waals surface area contributed by atoms with E-state index in [9.17, 15) is 9.90 Å². The smallest absolute Gasteiger partial charge is 0.323 e. The third-order valence-electron chi connectivity index (χ3n) is 4.80. The number of carbonyl (C=O) groups is 1. The zero-order valence-corrected chi connectivity index (χ0v) is 16.3. The number of anilines is 1. The number of hydrogen-bond acceptors (Lipinski definition) is 3. The molecule has 0 spiro atoms. The molecule has 26 heavy (non-hydrogen) atoms. The van der Waals surface area contributed by atoms with Crippen molar-refractivity contribution in [3.63, 3.8) is 0 Å². The maximum atomic E-state index is 12.7. The molecule has 1 aliphatic rings. The normalized spacial score (nSPS) is 17.4.